The molecule has 0 saturated carbocycles. The maximum atomic E-state index is 12.2. The van der Waals surface area contributed by atoms with E-state index in [2.05, 4.69) is 29.0 Å². The Labute approximate surface area is 168 Å². The average Bonchev–Trinajstić information content (AvgIpc) is 3.09. The molecule has 3 fully saturated rings. The van der Waals surface area contributed by atoms with Crippen LogP contribution in [0.25, 0.3) is 0 Å². The minimum atomic E-state index is -0.134. The van der Waals surface area contributed by atoms with Crippen molar-refractivity contribution in [1.29, 1.82) is 0 Å². The van der Waals surface area contributed by atoms with Gasteiger partial charge in [-0.2, -0.15) is 0 Å². The van der Waals surface area contributed by atoms with Crippen LogP contribution in [-0.2, 0) is 9.47 Å². The first-order chi connectivity index (χ1) is 13.1. The zero-order valence-electron chi connectivity index (χ0n) is 16.7. The highest BCUT2D eigenvalue weighted by Crippen LogP contribution is 2.28. The van der Waals surface area contributed by atoms with Crippen molar-refractivity contribution >= 4 is 23.4 Å². The number of likely N-dealkylation sites (tertiary alicyclic amines) is 1. The third kappa shape index (κ3) is 5.23. The van der Waals surface area contributed by atoms with Crippen molar-refractivity contribution in [3.05, 3.63) is 0 Å². The SMILES string of the molecule is CC[C@H](C)[C@H]1COC(=O)N1C1CCN(C(=S)NCCN2CCOCC2)CC1. The summed E-state index contributed by atoms with van der Waals surface area (Å²) in [6, 6.07) is 0.490. The molecule has 3 heterocycles. The van der Waals surface area contributed by atoms with Crippen LogP contribution in [0.15, 0.2) is 0 Å². The Morgan fingerprint density at radius 1 is 1.26 bits per heavy atom. The number of nitrogens with one attached hydrogen (secondary N) is 1. The summed E-state index contributed by atoms with van der Waals surface area (Å²) in [4.78, 5) is 18.9. The topological polar surface area (TPSA) is 57.3 Å². The van der Waals surface area contributed by atoms with Crippen LogP contribution in [0.2, 0.25) is 0 Å². The van der Waals surface area contributed by atoms with Gasteiger partial charge in [0.05, 0.1) is 19.3 Å². The number of thiocarbonyl (C=S) groups is 1. The van der Waals surface area contributed by atoms with Crippen molar-refractivity contribution in [3.63, 3.8) is 0 Å². The normalized spacial score (nSPS) is 26.1. The molecular formula is C19H34N4O3S. The van der Waals surface area contributed by atoms with E-state index in [0.717, 1.165) is 76.9 Å². The second-order valence-electron chi connectivity index (χ2n) is 7.84. The molecule has 0 spiro atoms. The molecule has 0 aliphatic carbocycles. The molecule has 154 valence electrons. The van der Waals surface area contributed by atoms with Crippen LogP contribution in [0.4, 0.5) is 4.79 Å². The van der Waals surface area contributed by atoms with E-state index in [-0.39, 0.29) is 18.2 Å². The first kappa shape index (κ1) is 20.6. The van der Waals surface area contributed by atoms with Gasteiger partial charge >= 0.3 is 6.09 Å². The molecular weight excluding hydrogens is 364 g/mol. The van der Waals surface area contributed by atoms with Crippen LogP contribution in [0, 0.1) is 5.92 Å². The molecule has 0 unspecified atom stereocenters. The van der Waals surface area contributed by atoms with E-state index in [1.807, 2.05) is 4.90 Å². The van der Waals surface area contributed by atoms with Crippen molar-refractivity contribution in [3.8, 4) is 0 Å². The zero-order chi connectivity index (χ0) is 19.2. The van der Waals surface area contributed by atoms with E-state index >= 15 is 0 Å². The highest BCUT2D eigenvalue weighted by molar-refractivity contribution is 7.80. The summed E-state index contributed by atoms with van der Waals surface area (Å²) in [5.41, 5.74) is 0. The lowest BCUT2D eigenvalue weighted by molar-refractivity contribution is 0.0388. The number of cyclic esters (lactones) is 1. The number of carbonyl (C=O) groups excluding carboxylic acids is 1. The van der Waals surface area contributed by atoms with Gasteiger partial charge in [0, 0.05) is 45.3 Å². The van der Waals surface area contributed by atoms with Crippen molar-refractivity contribution in [2.75, 3.05) is 59.1 Å². The Bertz CT molecular complexity index is 507. The molecule has 0 aromatic rings. The molecule has 1 N–H and O–H groups in total. The lowest BCUT2D eigenvalue weighted by atomic mass is 9.95. The molecule has 2 atom stereocenters. The first-order valence-electron chi connectivity index (χ1n) is 10.4. The smallest absolute Gasteiger partial charge is 0.410 e. The van der Waals surface area contributed by atoms with Crippen molar-refractivity contribution in [2.24, 2.45) is 5.92 Å². The molecule has 8 heteroatoms. The van der Waals surface area contributed by atoms with Crippen LogP contribution in [0.3, 0.4) is 0 Å². The average molecular weight is 399 g/mol. The molecule has 0 aromatic heterocycles. The number of rotatable bonds is 6. The second kappa shape index (κ2) is 9.89. The maximum absolute atomic E-state index is 12.2. The summed E-state index contributed by atoms with van der Waals surface area (Å²) in [6.07, 6.45) is 2.83. The number of amides is 1. The molecule has 0 bridgehead atoms. The number of hydrogen-bond donors (Lipinski definition) is 1. The quantitative estimate of drug-likeness (QED) is 0.681. The van der Waals surface area contributed by atoms with Gasteiger partial charge in [0.1, 0.15) is 6.61 Å². The summed E-state index contributed by atoms with van der Waals surface area (Å²) in [6.45, 7) is 12.2. The molecule has 3 rings (SSSR count). The van der Waals surface area contributed by atoms with Gasteiger partial charge in [-0.15, -0.1) is 0 Å². The van der Waals surface area contributed by atoms with E-state index in [0.29, 0.717) is 12.5 Å². The molecule has 3 aliphatic rings. The van der Waals surface area contributed by atoms with Gasteiger partial charge in [0.25, 0.3) is 0 Å². The largest absolute Gasteiger partial charge is 0.447 e. The maximum Gasteiger partial charge on any atom is 0.410 e. The fraction of sp³-hybridized carbons (Fsp3) is 0.895. The predicted molar refractivity (Wildman–Crippen MR) is 109 cm³/mol. The van der Waals surface area contributed by atoms with Crippen LogP contribution >= 0.6 is 12.2 Å². The van der Waals surface area contributed by atoms with Crippen molar-refractivity contribution < 1.29 is 14.3 Å². The molecule has 0 radical (unpaired) electrons. The highest BCUT2D eigenvalue weighted by Gasteiger charge is 2.41. The number of carbonyl (C=O) groups is 1. The van der Waals surface area contributed by atoms with Gasteiger partial charge < -0.3 is 19.7 Å². The molecule has 0 aromatic carbocycles. The number of hydrogen-bond acceptors (Lipinski definition) is 5. The van der Waals surface area contributed by atoms with Crippen LogP contribution in [0.5, 0.6) is 0 Å². The minimum Gasteiger partial charge on any atom is -0.447 e. The van der Waals surface area contributed by atoms with Crippen LogP contribution in [-0.4, -0.2) is 97.1 Å². The summed E-state index contributed by atoms with van der Waals surface area (Å²) in [7, 11) is 0. The number of piperidine rings is 1. The highest BCUT2D eigenvalue weighted by atomic mass is 32.1. The van der Waals surface area contributed by atoms with Gasteiger partial charge in [-0.1, -0.05) is 20.3 Å². The monoisotopic (exact) mass is 398 g/mol. The molecule has 7 nitrogen and oxygen atoms in total. The fourth-order valence-electron chi connectivity index (χ4n) is 4.18. The van der Waals surface area contributed by atoms with E-state index in [4.69, 9.17) is 21.7 Å². The lowest BCUT2D eigenvalue weighted by Gasteiger charge is -2.40. The third-order valence-electron chi connectivity index (χ3n) is 6.20. The van der Waals surface area contributed by atoms with Gasteiger partial charge in [-0.3, -0.25) is 9.80 Å². The summed E-state index contributed by atoms with van der Waals surface area (Å²) >= 11 is 5.59. The molecule has 3 saturated heterocycles. The second-order valence-corrected chi connectivity index (χ2v) is 8.23. The first-order valence-corrected chi connectivity index (χ1v) is 10.8. The number of ether oxygens (including phenoxy) is 2. The fourth-order valence-corrected chi connectivity index (χ4v) is 4.47. The minimum absolute atomic E-state index is 0.134. The number of morpholine rings is 1. The van der Waals surface area contributed by atoms with Gasteiger partial charge in [-0.05, 0) is 31.0 Å². The third-order valence-corrected chi connectivity index (χ3v) is 6.60. The van der Waals surface area contributed by atoms with Gasteiger partial charge in [0.2, 0.25) is 0 Å². The van der Waals surface area contributed by atoms with Crippen molar-refractivity contribution in [1.82, 2.24) is 20.0 Å². The summed E-state index contributed by atoms with van der Waals surface area (Å²) < 4.78 is 10.7. The Morgan fingerprint density at radius 2 is 1.96 bits per heavy atom. The van der Waals surface area contributed by atoms with Crippen LogP contribution in [0.1, 0.15) is 33.1 Å². The molecule has 1 amide bonds. The number of nitrogens with zero attached hydrogens (tertiary/aromatic N) is 3. The van der Waals surface area contributed by atoms with E-state index in [1.165, 1.54) is 0 Å². The predicted octanol–water partition coefficient (Wildman–Crippen LogP) is 1.52. The standard InChI is InChI=1S/C19H34N4O3S/c1-3-15(2)17-14-26-19(24)23(17)16-4-7-22(8-5-16)18(27)20-6-9-21-10-12-25-13-11-21/h15-17H,3-14H2,1-2H3,(H,20,27)/t15-,17+/m0/s1. The Kier molecular flexibility index (Phi) is 7.55. The zero-order valence-corrected chi connectivity index (χ0v) is 17.5. The van der Waals surface area contributed by atoms with E-state index in [9.17, 15) is 4.79 Å². The van der Waals surface area contributed by atoms with Crippen molar-refractivity contribution in [2.45, 2.75) is 45.2 Å². The Morgan fingerprint density at radius 3 is 2.63 bits per heavy atom. The van der Waals surface area contributed by atoms with Crippen LogP contribution < -0.4 is 5.32 Å². The Hall–Kier alpha value is -1.12. The van der Waals surface area contributed by atoms with Gasteiger partial charge in [0.15, 0.2) is 5.11 Å². The van der Waals surface area contributed by atoms with E-state index < -0.39 is 0 Å². The summed E-state index contributed by atoms with van der Waals surface area (Å²) in [5, 5.41) is 4.24. The summed E-state index contributed by atoms with van der Waals surface area (Å²) in [5.74, 6) is 0.470. The molecule has 27 heavy (non-hydrogen) atoms. The Balaban J connectivity index is 1.41. The molecule has 3 aliphatic heterocycles. The lowest BCUT2D eigenvalue weighted by Crippen LogP contribution is -2.53. The van der Waals surface area contributed by atoms with Gasteiger partial charge in [-0.25, -0.2) is 4.79 Å². The van der Waals surface area contributed by atoms with E-state index in [1.54, 1.807) is 0 Å².